The Balaban J connectivity index is 1.72. The lowest BCUT2D eigenvalue weighted by molar-refractivity contribution is -0.157. The van der Waals surface area contributed by atoms with Crippen molar-refractivity contribution in [2.24, 2.45) is 0 Å². The Kier molecular flexibility index (Phi) is 10.4. The summed E-state index contributed by atoms with van der Waals surface area (Å²) in [5.41, 5.74) is 1.35. The molecular formula is C29H30N2O8. The predicted molar refractivity (Wildman–Crippen MR) is 141 cm³/mol. The van der Waals surface area contributed by atoms with Gasteiger partial charge in [0.05, 0.1) is 53.1 Å². The van der Waals surface area contributed by atoms with Crippen molar-refractivity contribution in [2.45, 2.75) is 19.1 Å². The van der Waals surface area contributed by atoms with Crippen molar-refractivity contribution in [1.29, 1.82) is 5.26 Å². The lowest BCUT2D eigenvalue weighted by Crippen LogP contribution is -2.32. The molecule has 1 N–H and O–H groups in total. The van der Waals surface area contributed by atoms with Crippen LogP contribution in [0.3, 0.4) is 0 Å². The van der Waals surface area contributed by atoms with E-state index in [0.717, 1.165) is 0 Å². The fraction of sp³-hybridized carbons (Fsp3) is 0.276. The largest absolute Gasteiger partial charge is 0.497 e. The van der Waals surface area contributed by atoms with Crippen LogP contribution >= 0.6 is 0 Å². The Morgan fingerprint density at radius 1 is 0.872 bits per heavy atom. The molecule has 1 amide bonds. The van der Waals surface area contributed by atoms with E-state index in [9.17, 15) is 14.9 Å². The van der Waals surface area contributed by atoms with Crippen molar-refractivity contribution in [2.75, 3.05) is 35.0 Å². The van der Waals surface area contributed by atoms with Gasteiger partial charge < -0.3 is 33.7 Å². The highest BCUT2D eigenvalue weighted by molar-refractivity contribution is 5.85. The SMILES string of the molecule is COc1cccc(OCCC(=O)OC(C(=O)NCc2cc(OC)c(OC)c(OC)c2)c2cccc(C#N)c2)c1. The molecule has 0 radical (unpaired) electrons. The van der Waals surface area contributed by atoms with Crippen LogP contribution in [-0.4, -0.2) is 46.9 Å². The van der Waals surface area contributed by atoms with E-state index in [1.807, 2.05) is 6.07 Å². The maximum absolute atomic E-state index is 13.2. The number of carbonyl (C=O) groups is 2. The highest BCUT2D eigenvalue weighted by Crippen LogP contribution is 2.38. The molecule has 0 heterocycles. The van der Waals surface area contributed by atoms with Crippen LogP contribution in [-0.2, 0) is 20.9 Å². The number of carbonyl (C=O) groups excluding carboxylic acids is 2. The van der Waals surface area contributed by atoms with Gasteiger partial charge >= 0.3 is 5.97 Å². The second kappa shape index (κ2) is 14.1. The van der Waals surface area contributed by atoms with E-state index in [4.69, 9.17) is 28.4 Å². The fourth-order valence-corrected chi connectivity index (χ4v) is 3.70. The third kappa shape index (κ3) is 7.79. The Bertz CT molecular complexity index is 1310. The van der Waals surface area contributed by atoms with E-state index in [1.54, 1.807) is 61.7 Å². The number of ether oxygens (including phenoxy) is 6. The number of amides is 1. The van der Waals surface area contributed by atoms with E-state index < -0.39 is 18.0 Å². The molecule has 0 saturated heterocycles. The number of nitrogens with zero attached hydrogens (tertiary/aromatic N) is 1. The first-order chi connectivity index (χ1) is 18.9. The number of rotatable bonds is 13. The molecule has 10 heteroatoms. The van der Waals surface area contributed by atoms with E-state index in [2.05, 4.69) is 5.32 Å². The zero-order chi connectivity index (χ0) is 28.2. The van der Waals surface area contributed by atoms with Gasteiger partial charge in [-0.3, -0.25) is 9.59 Å². The Hall–Kier alpha value is -4.91. The molecule has 0 aliphatic heterocycles. The number of hydrogen-bond donors (Lipinski definition) is 1. The summed E-state index contributed by atoms with van der Waals surface area (Å²) in [5.74, 6) is 1.23. The van der Waals surface area contributed by atoms with Crippen LogP contribution in [0.2, 0.25) is 0 Å². The van der Waals surface area contributed by atoms with Gasteiger partial charge in [-0.1, -0.05) is 18.2 Å². The first-order valence-corrected chi connectivity index (χ1v) is 11.9. The summed E-state index contributed by atoms with van der Waals surface area (Å²) in [6.07, 6.45) is -1.39. The molecule has 0 aliphatic rings. The fourth-order valence-electron chi connectivity index (χ4n) is 3.70. The van der Waals surface area contributed by atoms with Gasteiger partial charge in [-0.25, -0.2) is 0 Å². The lowest BCUT2D eigenvalue weighted by Gasteiger charge is -2.19. The van der Waals surface area contributed by atoms with Crippen LogP contribution in [0.4, 0.5) is 0 Å². The van der Waals surface area contributed by atoms with E-state index in [1.165, 1.54) is 27.4 Å². The molecule has 3 aromatic carbocycles. The molecular weight excluding hydrogens is 504 g/mol. The van der Waals surface area contributed by atoms with Crippen molar-refractivity contribution in [1.82, 2.24) is 5.32 Å². The molecule has 10 nitrogen and oxygen atoms in total. The average Bonchev–Trinajstić information content (AvgIpc) is 2.98. The number of methoxy groups -OCH3 is 4. The minimum absolute atomic E-state index is 0.0318. The Morgan fingerprint density at radius 2 is 1.56 bits per heavy atom. The van der Waals surface area contributed by atoms with Crippen LogP contribution in [0.1, 0.15) is 29.2 Å². The molecule has 3 aromatic rings. The first-order valence-electron chi connectivity index (χ1n) is 11.9. The topological polar surface area (TPSA) is 125 Å². The molecule has 0 aliphatic carbocycles. The van der Waals surface area contributed by atoms with Crippen molar-refractivity contribution < 1.29 is 38.0 Å². The molecule has 0 saturated carbocycles. The smallest absolute Gasteiger partial charge is 0.310 e. The predicted octanol–water partition coefficient (Wildman–Crippen LogP) is 3.96. The standard InChI is InChI=1S/C29H30N2O8/c1-34-22-9-6-10-23(16-22)38-12-11-26(32)39-27(21-8-5-7-19(13-21)17-30)29(33)31-18-20-14-24(35-2)28(37-4)25(15-20)36-3/h5-10,13-16,27H,11-12,18H2,1-4H3,(H,31,33). The van der Waals surface area contributed by atoms with Crippen LogP contribution < -0.4 is 29.0 Å². The van der Waals surface area contributed by atoms with E-state index >= 15 is 0 Å². The minimum Gasteiger partial charge on any atom is -0.497 e. The summed E-state index contributed by atoms with van der Waals surface area (Å²) in [4.78, 5) is 25.9. The van der Waals surface area contributed by atoms with Gasteiger partial charge in [0, 0.05) is 18.2 Å². The average molecular weight is 535 g/mol. The summed E-state index contributed by atoms with van der Waals surface area (Å²) in [6, 6.07) is 18.7. The molecule has 0 spiro atoms. The minimum atomic E-state index is -1.29. The summed E-state index contributed by atoms with van der Waals surface area (Å²) in [7, 11) is 6.03. The van der Waals surface area contributed by atoms with E-state index in [-0.39, 0.29) is 19.6 Å². The number of hydrogen-bond acceptors (Lipinski definition) is 9. The quantitative estimate of drug-likeness (QED) is 0.324. The molecule has 0 fully saturated rings. The summed E-state index contributed by atoms with van der Waals surface area (Å²) >= 11 is 0. The highest BCUT2D eigenvalue weighted by Gasteiger charge is 2.26. The number of nitrogens with one attached hydrogen (secondary N) is 1. The molecule has 39 heavy (non-hydrogen) atoms. The van der Waals surface area contributed by atoms with Crippen molar-refractivity contribution in [3.05, 3.63) is 77.4 Å². The second-order valence-electron chi connectivity index (χ2n) is 8.14. The second-order valence-corrected chi connectivity index (χ2v) is 8.14. The summed E-state index contributed by atoms with van der Waals surface area (Å²) in [5, 5.41) is 12.1. The monoisotopic (exact) mass is 534 g/mol. The van der Waals surface area contributed by atoms with Crippen molar-refractivity contribution >= 4 is 11.9 Å². The Morgan fingerprint density at radius 3 is 2.21 bits per heavy atom. The number of benzene rings is 3. The van der Waals surface area contributed by atoms with Gasteiger partial charge in [0.2, 0.25) is 11.9 Å². The summed E-state index contributed by atoms with van der Waals surface area (Å²) < 4.78 is 32.4. The molecule has 1 unspecified atom stereocenters. The van der Waals surface area contributed by atoms with Gasteiger partial charge in [-0.15, -0.1) is 0 Å². The van der Waals surface area contributed by atoms with E-state index in [0.29, 0.717) is 45.4 Å². The van der Waals surface area contributed by atoms with Crippen LogP contribution in [0.15, 0.2) is 60.7 Å². The van der Waals surface area contributed by atoms with Crippen LogP contribution in [0.5, 0.6) is 28.7 Å². The van der Waals surface area contributed by atoms with Gasteiger partial charge in [-0.2, -0.15) is 5.26 Å². The maximum Gasteiger partial charge on any atom is 0.310 e. The molecule has 0 aromatic heterocycles. The molecule has 3 rings (SSSR count). The summed E-state index contributed by atoms with van der Waals surface area (Å²) in [6.45, 7) is 0.116. The van der Waals surface area contributed by atoms with Crippen molar-refractivity contribution in [3.63, 3.8) is 0 Å². The number of esters is 1. The van der Waals surface area contributed by atoms with Crippen molar-refractivity contribution in [3.8, 4) is 34.8 Å². The zero-order valence-corrected chi connectivity index (χ0v) is 22.2. The highest BCUT2D eigenvalue weighted by atomic mass is 16.6. The zero-order valence-electron chi connectivity index (χ0n) is 22.2. The third-order valence-corrected chi connectivity index (χ3v) is 5.61. The molecule has 204 valence electrons. The Labute approximate surface area is 227 Å². The number of nitriles is 1. The van der Waals surface area contributed by atoms with Gasteiger partial charge in [0.15, 0.2) is 11.5 Å². The normalized spacial score (nSPS) is 10.9. The van der Waals surface area contributed by atoms with Gasteiger partial charge in [0.25, 0.3) is 5.91 Å². The maximum atomic E-state index is 13.2. The molecule has 1 atom stereocenters. The van der Waals surface area contributed by atoms with Gasteiger partial charge in [-0.05, 0) is 42.0 Å². The van der Waals surface area contributed by atoms with Crippen LogP contribution in [0.25, 0.3) is 0 Å². The van der Waals surface area contributed by atoms with Crippen LogP contribution in [0, 0.1) is 11.3 Å². The lowest BCUT2D eigenvalue weighted by atomic mass is 10.1. The van der Waals surface area contributed by atoms with Gasteiger partial charge in [0.1, 0.15) is 11.5 Å². The third-order valence-electron chi connectivity index (χ3n) is 5.61. The molecule has 0 bridgehead atoms. The first kappa shape index (κ1) is 28.7.